The van der Waals surface area contributed by atoms with E-state index in [4.69, 9.17) is 9.05 Å². The van der Waals surface area contributed by atoms with Crippen LogP contribution in [-0.2, 0) is 26.3 Å². The predicted octanol–water partition coefficient (Wildman–Crippen LogP) is 7.37. The summed E-state index contributed by atoms with van der Waals surface area (Å²) in [7, 11) is -3.09. The van der Waals surface area contributed by atoms with Crippen LogP contribution in [-0.4, -0.2) is 17.8 Å². The first-order valence-electron chi connectivity index (χ1n) is 10.2. The molecule has 0 aliphatic rings. The van der Waals surface area contributed by atoms with Crippen LogP contribution in [0, 0.1) is 0 Å². The van der Waals surface area contributed by atoms with Gasteiger partial charge in [0.25, 0.3) is 0 Å². The fraction of sp³-hybridized carbons (Fsp3) is 0.250. The number of rotatable bonds is 8. The van der Waals surface area contributed by atoms with Crippen LogP contribution in [0.3, 0.4) is 0 Å². The number of nitrogens with zero attached hydrogens (tertiary/aromatic N) is 1. The Kier molecular flexibility index (Phi) is 6.45. The third-order valence-corrected chi connectivity index (χ3v) is 7.85. The van der Waals surface area contributed by atoms with Gasteiger partial charge in [0.05, 0.1) is 24.9 Å². The van der Waals surface area contributed by atoms with E-state index in [1.807, 2.05) is 26.0 Å². The van der Waals surface area contributed by atoms with E-state index in [0.717, 1.165) is 16.6 Å². The Morgan fingerprint density at radius 1 is 0.833 bits per heavy atom. The van der Waals surface area contributed by atoms with Gasteiger partial charge in [-0.25, -0.2) is 0 Å². The largest absolute Gasteiger partial charge is 0.336 e. The summed E-state index contributed by atoms with van der Waals surface area (Å²) in [5.41, 5.74) is 4.55. The van der Waals surface area contributed by atoms with Gasteiger partial charge < -0.3 is 13.6 Å². The SMILES string of the molecule is CCOP(=O)(Cc1ccc(Cn2c3ccccc3c3c(Br)cccc32)cc1)OCC. The molecule has 0 N–H and O–H groups in total. The molecule has 6 heteroatoms. The van der Waals surface area contributed by atoms with E-state index in [1.54, 1.807) is 0 Å². The fourth-order valence-electron chi connectivity index (χ4n) is 3.90. The lowest BCUT2D eigenvalue weighted by molar-refractivity contribution is 0.219. The van der Waals surface area contributed by atoms with Gasteiger partial charge in [0, 0.05) is 27.3 Å². The molecule has 0 atom stereocenters. The number of hydrogen-bond donors (Lipinski definition) is 0. The van der Waals surface area contributed by atoms with Gasteiger partial charge in [-0.1, -0.05) is 64.5 Å². The summed E-state index contributed by atoms with van der Waals surface area (Å²) >= 11 is 3.72. The van der Waals surface area contributed by atoms with Gasteiger partial charge in [-0.3, -0.25) is 4.57 Å². The first-order valence-corrected chi connectivity index (χ1v) is 12.7. The van der Waals surface area contributed by atoms with E-state index in [0.29, 0.717) is 13.2 Å². The fourth-order valence-corrected chi connectivity index (χ4v) is 6.17. The molecule has 156 valence electrons. The minimum absolute atomic E-state index is 0.289. The lowest BCUT2D eigenvalue weighted by Gasteiger charge is -2.17. The van der Waals surface area contributed by atoms with Crippen LogP contribution < -0.4 is 0 Å². The lowest BCUT2D eigenvalue weighted by atomic mass is 10.1. The Hall–Kier alpha value is -1.91. The maximum atomic E-state index is 12.8. The number of halogens is 1. The molecule has 1 aromatic heterocycles. The van der Waals surface area contributed by atoms with Gasteiger partial charge in [-0.15, -0.1) is 0 Å². The van der Waals surface area contributed by atoms with Gasteiger partial charge in [0.15, 0.2) is 0 Å². The highest BCUT2D eigenvalue weighted by atomic mass is 79.9. The van der Waals surface area contributed by atoms with E-state index < -0.39 is 7.60 Å². The zero-order chi connectivity index (χ0) is 21.1. The van der Waals surface area contributed by atoms with Crippen molar-refractivity contribution >= 4 is 45.3 Å². The molecule has 0 bridgehead atoms. The molecule has 0 amide bonds. The first kappa shape index (κ1) is 21.3. The first-order chi connectivity index (χ1) is 14.5. The number of fused-ring (bicyclic) bond motifs is 3. The minimum atomic E-state index is -3.09. The normalized spacial score (nSPS) is 12.1. The number of benzene rings is 3. The molecule has 0 saturated carbocycles. The van der Waals surface area contributed by atoms with Gasteiger partial charge >= 0.3 is 7.60 Å². The summed E-state index contributed by atoms with van der Waals surface area (Å²) in [6, 6.07) is 23.0. The Labute approximate surface area is 185 Å². The van der Waals surface area contributed by atoms with Crippen molar-refractivity contribution in [2.24, 2.45) is 0 Å². The molecule has 0 fully saturated rings. The molecule has 0 saturated heterocycles. The van der Waals surface area contributed by atoms with E-state index in [2.05, 4.69) is 75.1 Å². The summed E-state index contributed by atoms with van der Waals surface area (Å²) in [4.78, 5) is 0. The van der Waals surface area contributed by atoms with Crippen molar-refractivity contribution in [1.29, 1.82) is 0 Å². The molecule has 4 rings (SSSR count). The quantitative estimate of drug-likeness (QED) is 0.244. The number of para-hydroxylation sites is 1. The Bertz CT molecular complexity index is 1210. The second-order valence-corrected chi connectivity index (χ2v) is 10.1. The molecule has 30 heavy (non-hydrogen) atoms. The van der Waals surface area contributed by atoms with Crippen LogP contribution in [0.2, 0.25) is 0 Å². The Morgan fingerprint density at radius 3 is 2.17 bits per heavy atom. The number of aromatic nitrogens is 1. The van der Waals surface area contributed by atoms with Gasteiger partial charge in [0.1, 0.15) is 0 Å². The van der Waals surface area contributed by atoms with Gasteiger partial charge in [0.2, 0.25) is 0 Å². The van der Waals surface area contributed by atoms with Crippen molar-refractivity contribution in [3.8, 4) is 0 Å². The molecule has 4 aromatic rings. The van der Waals surface area contributed by atoms with Crippen molar-refractivity contribution in [2.75, 3.05) is 13.2 Å². The second-order valence-electron chi connectivity index (χ2n) is 7.16. The van der Waals surface area contributed by atoms with Crippen molar-refractivity contribution in [1.82, 2.24) is 4.57 Å². The average Bonchev–Trinajstić information content (AvgIpc) is 3.05. The van der Waals surface area contributed by atoms with Crippen molar-refractivity contribution in [3.05, 3.63) is 82.3 Å². The molecule has 0 unspecified atom stereocenters. The minimum Gasteiger partial charge on any atom is -0.336 e. The highest BCUT2D eigenvalue weighted by molar-refractivity contribution is 9.10. The van der Waals surface area contributed by atoms with Crippen molar-refractivity contribution in [3.63, 3.8) is 0 Å². The monoisotopic (exact) mass is 485 g/mol. The lowest BCUT2D eigenvalue weighted by Crippen LogP contribution is -2.01. The zero-order valence-electron chi connectivity index (χ0n) is 17.2. The second kappa shape index (κ2) is 9.07. The molecule has 0 aliphatic carbocycles. The smallest absolute Gasteiger partial charge is 0.335 e. The summed E-state index contributed by atoms with van der Waals surface area (Å²) in [5.74, 6) is 0. The van der Waals surface area contributed by atoms with Gasteiger partial charge in [-0.2, -0.15) is 0 Å². The predicted molar refractivity (Wildman–Crippen MR) is 127 cm³/mol. The molecule has 0 spiro atoms. The van der Waals surface area contributed by atoms with Crippen LogP contribution in [0.5, 0.6) is 0 Å². The zero-order valence-corrected chi connectivity index (χ0v) is 19.7. The number of hydrogen-bond acceptors (Lipinski definition) is 3. The summed E-state index contributed by atoms with van der Waals surface area (Å²) < 4.78 is 27.1. The molecule has 0 aliphatic heterocycles. The molecule has 3 aromatic carbocycles. The molecule has 1 heterocycles. The van der Waals surface area contributed by atoms with Gasteiger partial charge in [-0.05, 0) is 43.2 Å². The van der Waals surface area contributed by atoms with Crippen molar-refractivity contribution < 1.29 is 13.6 Å². The molecule has 4 nitrogen and oxygen atoms in total. The summed E-state index contributed by atoms with van der Waals surface area (Å²) in [6.45, 7) is 5.17. The standard InChI is InChI=1S/C24H25BrNO3P/c1-3-28-30(27,29-4-2)17-19-14-12-18(13-15-19)16-26-22-10-6-5-8-20(22)24-21(25)9-7-11-23(24)26/h5-15H,3-4,16-17H2,1-2H3. The average molecular weight is 486 g/mol. The molecular formula is C24H25BrNO3P. The van der Waals surface area contributed by atoms with Crippen molar-refractivity contribution in [2.45, 2.75) is 26.6 Å². The van der Waals surface area contributed by atoms with E-state index >= 15 is 0 Å². The summed E-state index contributed by atoms with van der Waals surface area (Å²) in [6.07, 6.45) is 0.289. The maximum absolute atomic E-state index is 12.8. The third-order valence-electron chi connectivity index (χ3n) is 5.14. The van der Waals surface area contributed by atoms with Crippen LogP contribution >= 0.6 is 23.5 Å². The highest BCUT2D eigenvalue weighted by Crippen LogP contribution is 2.51. The highest BCUT2D eigenvalue weighted by Gasteiger charge is 2.24. The Morgan fingerprint density at radius 2 is 1.47 bits per heavy atom. The maximum Gasteiger partial charge on any atom is 0.335 e. The topological polar surface area (TPSA) is 40.5 Å². The van der Waals surface area contributed by atoms with E-state index in [9.17, 15) is 4.57 Å². The van der Waals surface area contributed by atoms with Crippen LogP contribution in [0.25, 0.3) is 21.8 Å². The van der Waals surface area contributed by atoms with E-state index in [1.165, 1.54) is 27.4 Å². The summed E-state index contributed by atoms with van der Waals surface area (Å²) in [5, 5.41) is 2.48. The van der Waals surface area contributed by atoms with Crippen LogP contribution in [0.15, 0.2) is 71.2 Å². The molecular weight excluding hydrogens is 461 g/mol. The molecule has 0 radical (unpaired) electrons. The Balaban J connectivity index is 1.65. The van der Waals surface area contributed by atoms with Crippen LogP contribution in [0.4, 0.5) is 0 Å². The van der Waals surface area contributed by atoms with Crippen LogP contribution in [0.1, 0.15) is 25.0 Å². The van der Waals surface area contributed by atoms with E-state index in [-0.39, 0.29) is 6.16 Å². The third kappa shape index (κ3) is 4.26.